The maximum Gasteiger partial charge on any atom is 0.411 e. The first kappa shape index (κ1) is 16.3. The maximum atomic E-state index is 11.8. The highest BCUT2D eigenvalue weighted by Crippen LogP contribution is 2.77. The summed E-state index contributed by atoms with van der Waals surface area (Å²) in [5.74, 6) is 0.185. The zero-order valence-corrected chi connectivity index (χ0v) is 13.6. The Morgan fingerprint density at radius 1 is 1.52 bits per heavy atom. The van der Waals surface area contributed by atoms with Crippen molar-refractivity contribution >= 4 is 6.09 Å². The smallest absolute Gasteiger partial charge is 0.411 e. The summed E-state index contributed by atoms with van der Waals surface area (Å²) in [6, 6.07) is 0. The summed E-state index contributed by atoms with van der Waals surface area (Å²) in [5, 5.41) is 22.3. The highest BCUT2D eigenvalue weighted by atomic mass is 16.6. The van der Waals surface area contributed by atoms with Crippen molar-refractivity contribution in [2.24, 2.45) is 16.7 Å². The molecule has 0 saturated heterocycles. The first-order valence-electron chi connectivity index (χ1n) is 7.62. The van der Waals surface area contributed by atoms with Gasteiger partial charge in [-0.3, -0.25) is 5.32 Å². The third-order valence-electron chi connectivity index (χ3n) is 5.27. The molecule has 2 aliphatic rings. The topological polar surface area (TPSA) is 78.8 Å². The number of allylic oxidation sites excluding steroid dienone is 2. The minimum Gasteiger partial charge on any atom is -0.444 e. The van der Waals surface area contributed by atoms with Crippen molar-refractivity contribution in [2.75, 3.05) is 0 Å². The van der Waals surface area contributed by atoms with E-state index in [4.69, 9.17) is 4.74 Å². The summed E-state index contributed by atoms with van der Waals surface area (Å²) in [6.07, 6.45) is 2.34. The first-order valence-corrected chi connectivity index (χ1v) is 7.62. The van der Waals surface area contributed by atoms with E-state index in [2.05, 4.69) is 12.2 Å². The third kappa shape index (κ3) is 2.57. The Balaban J connectivity index is 2.02. The van der Waals surface area contributed by atoms with Crippen LogP contribution in [0.25, 0.3) is 0 Å². The molecule has 2 aliphatic carbocycles. The number of hydrogen-bond donors (Lipinski definition) is 3. The number of carbonyl (C=O) groups excluding carboxylic acids is 1. The lowest BCUT2D eigenvalue weighted by Gasteiger charge is -2.23. The summed E-state index contributed by atoms with van der Waals surface area (Å²) in [6.45, 7) is 9.56. The van der Waals surface area contributed by atoms with Gasteiger partial charge >= 0.3 is 6.09 Å². The van der Waals surface area contributed by atoms with Gasteiger partial charge in [0.2, 0.25) is 0 Å². The van der Waals surface area contributed by atoms with Gasteiger partial charge in [-0.1, -0.05) is 19.9 Å². The minimum atomic E-state index is -1.31. The molecule has 0 heterocycles. The number of alkyl carbamates (subject to hydrolysis) is 1. The Morgan fingerprint density at radius 2 is 2.14 bits per heavy atom. The van der Waals surface area contributed by atoms with Crippen LogP contribution in [-0.4, -0.2) is 28.2 Å². The molecular weight excluding hydrogens is 270 g/mol. The summed E-state index contributed by atoms with van der Waals surface area (Å²) in [5.41, 5.74) is -0.250. The first-order chi connectivity index (χ1) is 9.57. The van der Waals surface area contributed by atoms with E-state index in [1.807, 2.05) is 33.8 Å². The second kappa shape index (κ2) is 4.99. The summed E-state index contributed by atoms with van der Waals surface area (Å²) >= 11 is 0. The number of aliphatic hydroxyl groups excluding tert-OH is 1. The van der Waals surface area contributed by atoms with Crippen molar-refractivity contribution in [1.29, 1.82) is 0 Å². The number of fused-ring (bicyclic) bond motifs is 1. The molecule has 1 unspecified atom stereocenters. The summed E-state index contributed by atoms with van der Waals surface area (Å²) in [4.78, 5) is 11.8. The maximum absolute atomic E-state index is 11.8. The molecule has 1 fully saturated rings. The molecule has 5 nitrogen and oxygen atoms in total. The molecule has 3 atom stereocenters. The SMILES string of the molecule is CC[C@]1(C(O)O)[C@H]2CC(NC(=O)OC(C)(C)C)=CCC21C. The van der Waals surface area contributed by atoms with E-state index in [9.17, 15) is 15.0 Å². The number of rotatable bonds is 3. The van der Waals surface area contributed by atoms with Crippen LogP contribution in [0.1, 0.15) is 53.9 Å². The van der Waals surface area contributed by atoms with E-state index in [1.54, 1.807) is 0 Å². The molecule has 0 aromatic rings. The quantitative estimate of drug-likeness (QED) is 0.699. The van der Waals surface area contributed by atoms with Crippen LogP contribution < -0.4 is 5.32 Å². The van der Waals surface area contributed by atoms with Gasteiger partial charge in [-0.15, -0.1) is 0 Å². The van der Waals surface area contributed by atoms with Crippen molar-refractivity contribution < 1.29 is 19.7 Å². The lowest BCUT2D eigenvalue weighted by atomic mass is 9.88. The zero-order valence-electron chi connectivity index (χ0n) is 13.6. The van der Waals surface area contributed by atoms with E-state index in [0.717, 1.165) is 18.5 Å². The van der Waals surface area contributed by atoms with Gasteiger partial charge in [-0.2, -0.15) is 0 Å². The number of carbonyl (C=O) groups is 1. The molecule has 0 spiro atoms. The lowest BCUT2D eigenvalue weighted by Crippen LogP contribution is -2.32. The normalized spacial score (nSPS) is 35.0. The van der Waals surface area contributed by atoms with E-state index >= 15 is 0 Å². The van der Waals surface area contributed by atoms with Crippen LogP contribution in [0, 0.1) is 16.7 Å². The number of ether oxygens (including phenoxy) is 1. The molecule has 120 valence electrons. The van der Waals surface area contributed by atoms with Gasteiger partial charge in [0.15, 0.2) is 6.29 Å². The van der Waals surface area contributed by atoms with Gasteiger partial charge in [0.1, 0.15) is 5.60 Å². The van der Waals surface area contributed by atoms with Crippen molar-refractivity contribution in [3.05, 3.63) is 11.8 Å². The number of hydrogen-bond acceptors (Lipinski definition) is 4. The molecule has 0 aromatic carbocycles. The minimum absolute atomic E-state index is 0.0883. The van der Waals surface area contributed by atoms with Gasteiger partial charge in [-0.05, 0) is 51.4 Å². The summed E-state index contributed by atoms with van der Waals surface area (Å²) in [7, 11) is 0. The summed E-state index contributed by atoms with van der Waals surface area (Å²) < 4.78 is 5.25. The number of amides is 1. The molecule has 5 heteroatoms. The molecular formula is C16H27NO4. The Morgan fingerprint density at radius 3 is 2.62 bits per heavy atom. The van der Waals surface area contributed by atoms with E-state index in [1.165, 1.54) is 0 Å². The molecule has 1 saturated carbocycles. The Labute approximate surface area is 126 Å². The molecule has 1 amide bonds. The monoisotopic (exact) mass is 297 g/mol. The average Bonchev–Trinajstić information content (AvgIpc) is 2.86. The van der Waals surface area contributed by atoms with Crippen LogP contribution in [0.4, 0.5) is 4.79 Å². The van der Waals surface area contributed by atoms with Crippen LogP contribution >= 0.6 is 0 Å². The molecule has 2 rings (SSSR count). The largest absolute Gasteiger partial charge is 0.444 e. The van der Waals surface area contributed by atoms with Crippen LogP contribution in [0.2, 0.25) is 0 Å². The van der Waals surface area contributed by atoms with Crippen molar-refractivity contribution in [2.45, 2.75) is 65.8 Å². The molecule has 21 heavy (non-hydrogen) atoms. The Kier molecular flexibility index (Phi) is 3.87. The predicted octanol–water partition coefficient (Wildman–Crippen LogP) is 2.53. The fourth-order valence-corrected chi connectivity index (χ4v) is 4.12. The third-order valence-corrected chi connectivity index (χ3v) is 5.27. The fourth-order valence-electron chi connectivity index (χ4n) is 4.12. The van der Waals surface area contributed by atoms with Gasteiger partial charge in [0.05, 0.1) is 0 Å². The lowest BCUT2D eigenvalue weighted by molar-refractivity contribution is -0.112. The van der Waals surface area contributed by atoms with Gasteiger partial charge < -0.3 is 14.9 Å². The number of aliphatic hydroxyl groups is 2. The van der Waals surface area contributed by atoms with Crippen molar-refractivity contribution in [3.63, 3.8) is 0 Å². The second-order valence-electron chi connectivity index (χ2n) is 7.50. The van der Waals surface area contributed by atoms with Crippen LogP contribution in [-0.2, 0) is 4.74 Å². The predicted molar refractivity (Wildman–Crippen MR) is 79.2 cm³/mol. The van der Waals surface area contributed by atoms with E-state index in [0.29, 0.717) is 6.42 Å². The Bertz CT molecular complexity index is 465. The molecule has 3 N–H and O–H groups in total. The highest BCUT2D eigenvalue weighted by molar-refractivity contribution is 5.70. The number of nitrogens with one attached hydrogen (secondary N) is 1. The average molecular weight is 297 g/mol. The van der Waals surface area contributed by atoms with Crippen molar-refractivity contribution in [3.8, 4) is 0 Å². The highest BCUT2D eigenvalue weighted by Gasteiger charge is 2.75. The van der Waals surface area contributed by atoms with Gasteiger partial charge in [-0.25, -0.2) is 4.79 Å². The molecule has 0 aromatic heterocycles. The standard InChI is InChI=1S/C16H27NO4/c1-6-16(12(18)19)11-9-10(7-8-15(11,16)5)17-13(20)21-14(2,3)4/h7,11-12,18-19H,6,8-9H2,1-5H3,(H,17,20)/t11-,15?,16+/m0/s1. The Hall–Kier alpha value is -1.07. The van der Waals surface area contributed by atoms with Crippen molar-refractivity contribution in [1.82, 2.24) is 5.32 Å². The second-order valence-corrected chi connectivity index (χ2v) is 7.50. The van der Waals surface area contributed by atoms with E-state index in [-0.39, 0.29) is 11.3 Å². The molecule has 0 aliphatic heterocycles. The van der Waals surface area contributed by atoms with Gasteiger partial charge in [0.25, 0.3) is 0 Å². The van der Waals surface area contributed by atoms with Crippen LogP contribution in [0.15, 0.2) is 11.8 Å². The van der Waals surface area contributed by atoms with Crippen LogP contribution in [0.5, 0.6) is 0 Å². The zero-order chi connectivity index (χ0) is 16.1. The van der Waals surface area contributed by atoms with Crippen LogP contribution in [0.3, 0.4) is 0 Å². The molecule has 0 radical (unpaired) electrons. The van der Waals surface area contributed by atoms with Gasteiger partial charge in [0, 0.05) is 11.1 Å². The van der Waals surface area contributed by atoms with E-state index < -0.39 is 23.4 Å². The molecule has 0 bridgehead atoms. The fraction of sp³-hybridized carbons (Fsp3) is 0.812.